The molecule has 2 fully saturated rings. The van der Waals surface area contributed by atoms with Gasteiger partial charge in [-0.3, -0.25) is 4.79 Å². The number of rotatable bonds is 1. The number of fused-ring (bicyclic) bond motifs is 2. The summed E-state index contributed by atoms with van der Waals surface area (Å²) in [4.78, 5) is 14.7. The second-order valence-electron chi connectivity index (χ2n) is 6.01. The zero-order valence-corrected chi connectivity index (χ0v) is 12.0. The Labute approximate surface area is 124 Å². The molecular formula is C16H20N2O3. The first kappa shape index (κ1) is 13.0. The summed E-state index contributed by atoms with van der Waals surface area (Å²) in [5.41, 5.74) is 0.698. The van der Waals surface area contributed by atoms with Crippen molar-refractivity contribution in [3.05, 3.63) is 23.8 Å². The smallest absolute Gasteiger partial charge is 0.254 e. The zero-order chi connectivity index (χ0) is 14.2. The van der Waals surface area contributed by atoms with Crippen LogP contribution in [0, 0.1) is 5.92 Å². The van der Waals surface area contributed by atoms with E-state index in [1.54, 1.807) is 0 Å². The number of piperidine rings is 1. The summed E-state index contributed by atoms with van der Waals surface area (Å²) >= 11 is 0. The molecule has 1 N–H and O–H groups in total. The van der Waals surface area contributed by atoms with Crippen LogP contribution < -0.4 is 14.8 Å². The van der Waals surface area contributed by atoms with Gasteiger partial charge in [-0.15, -0.1) is 0 Å². The van der Waals surface area contributed by atoms with Crippen LogP contribution in [0.4, 0.5) is 0 Å². The number of likely N-dealkylation sites (tertiary alicyclic amines) is 1. The molecule has 5 heteroatoms. The molecule has 1 aromatic carbocycles. The highest BCUT2D eigenvalue weighted by atomic mass is 16.6. The van der Waals surface area contributed by atoms with E-state index in [0.29, 0.717) is 36.5 Å². The fourth-order valence-electron chi connectivity index (χ4n) is 3.59. The topological polar surface area (TPSA) is 50.8 Å². The summed E-state index contributed by atoms with van der Waals surface area (Å²) in [6.07, 6.45) is 2.23. The minimum atomic E-state index is 0.109. The normalized spacial score (nSPS) is 27.3. The lowest BCUT2D eigenvalue weighted by molar-refractivity contribution is 0.0661. The Kier molecular flexibility index (Phi) is 3.22. The molecule has 3 heterocycles. The van der Waals surface area contributed by atoms with Gasteiger partial charge in [0.25, 0.3) is 5.91 Å². The van der Waals surface area contributed by atoms with Crippen molar-refractivity contribution >= 4 is 5.91 Å². The first-order chi connectivity index (χ1) is 10.3. The molecule has 0 aliphatic carbocycles. The van der Waals surface area contributed by atoms with Gasteiger partial charge in [-0.05, 0) is 43.5 Å². The van der Waals surface area contributed by atoms with E-state index in [-0.39, 0.29) is 5.91 Å². The molecule has 2 saturated heterocycles. The first-order valence-electron chi connectivity index (χ1n) is 7.73. The van der Waals surface area contributed by atoms with Crippen LogP contribution in [-0.4, -0.2) is 49.7 Å². The van der Waals surface area contributed by atoms with Gasteiger partial charge in [-0.25, -0.2) is 0 Å². The maximum absolute atomic E-state index is 12.7. The van der Waals surface area contributed by atoms with E-state index < -0.39 is 0 Å². The predicted octanol–water partition coefficient (Wildman–Crippen LogP) is 1.28. The van der Waals surface area contributed by atoms with Crippen molar-refractivity contribution in [2.75, 3.05) is 32.8 Å². The summed E-state index contributed by atoms with van der Waals surface area (Å²) < 4.78 is 11.1. The Morgan fingerprint density at radius 2 is 2.05 bits per heavy atom. The number of nitrogens with one attached hydrogen (secondary N) is 1. The second kappa shape index (κ2) is 5.22. The summed E-state index contributed by atoms with van der Waals surface area (Å²) in [5.74, 6) is 2.14. The van der Waals surface area contributed by atoms with Crippen LogP contribution in [0.5, 0.6) is 11.5 Å². The van der Waals surface area contributed by atoms with Crippen molar-refractivity contribution in [3.8, 4) is 11.5 Å². The van der Waals surface area contributed by atoms with E-state index in [4.69, 9.17) is 9.47 Å². The van der Waals surface area contributed by atoms with Crippen LogP contribution >= 0.6 is 0 Å². The van der Waals surface area contributed by atoms with Crippen molar-refractivity contribution in [1.29, 1.82) is 0 Å². The lowest BCUT2D eigenvalue weighted by Crippen LogP contribution is -2.46. The monoisotopic (exact) mass is 288 g/mol. The molecule has 2 atom stereocenters. The van der Waals surface area contributed by atoms with Crippen LogP contribution in [0.2, 0.25) is 0 Å². The number of hydrogen-bond acceptors (Lipinski definition) is 4. The van der Waals surface area contributed by atoms with Crippen molar-refractivity contribution in [1.82, 2.24) is 10.2 Å². The molecule has 5 nitrogen and oxygen atoms in total. The number of nitrogens with zero attached hydrogens (tertiary/aromatic N) is 1. The minimum absolute atomic E-state index is 0.109. The first-order valence-corrected chi connectivity index (χ1v) is 7.73. The Morgan fingerprint density at radius 3 is 2.95 bits per heavy atom. The third kappa shape index (κ3) is 2.35. The summed E-state index contributed by atoms with van der Waals surface area (Å²) in [5, 5.41) is 3.52. The van der Waals surface area contributed by atoms with E-state index in [1.165, 1.54) is 6.42 Å². The minimum Gasteiger partial charge on any atom is -0.486 e. The van der Waals surface area contributed by atoms with Crippen LogP contribution in [0.15, 0.2) is 18.2 Å². The summed E-state index contributed by atoms with van der Waals surface area (Å²) in [6.45, 7) is 3.90. The number of hydrogen-bond donors (Lipinski definition) is 1. The quantitative estimate of drug-likeness (QED) is 0.846. The van der Waals surface area contributed by atoms with Crippen molar-refractivity contribution in [2.45, 2.75) is 18.9 Å². The van der Waals surface area contributed by atoms with Gasteiger partial charge in [0.15, 0.2) is 11.5 Å². The fourth-order valence-corrected chi connectivity index (χ4v) is 3.59. The van der Waals surface area contributed by atoms with Crippen molar-refractivity contribution < 1.29 is 14.3 Å². The molecule has 0 bridgehead atoms. The van der Waals surface area contributed by atoms with Gasteiger partial charge in [0.2, 0.25) is 0 Å². The molecule has 1 amide bonds. The molecule has 2 unspecified atom stereocenters. The van der Waals surface area contributed by atoms with Gasteiger partial charge < -0.3 is 19.7 Å². The third-order valence-electron chi connectivity index (χ3n) is 4.73. The predicted molar refractivity (Wildman–Crippen MR) is 77.9 cm³/mol. The van der Waals surface area contributed by atoms with Gasteiger partial charge >= 0.3 is 0 Å². The van der Waals surface area contributed by atoms with E-state index in [0.717, 1.165) is 31.8 Å². The SMILES string of the molecule is O=C(c1ccc2c(c1)OCCO2)N1CCC2NCCC2C1. The number of ether oxygens (including phenoxy) is 2. The highest BCUT2D eigenvalue weighted by Gasteiger charge is 2.34. The maximum Gasteiger partial charge on any atom is 0.254 e. The highest BCUT2D eigenvalue weighted by Crippen LogP contribution is 2.32. The Bertz CT molecular complexity index is 560. The number of amides is 1. The Balaban J connectivity index is 1.52. The number of benzene rings is 1. The number of carbonyl (C=O) groups excluding carboxylic acids is 1. The molecular weight excluding hydrogens is 268 g/mol. The van der Waals surface area contributed by atoms with Gasteiger partial charge in [0, 0.05) is 24.7 Å². The van der Waals surface area contributed by atoms with Crippen molar-refractivity contribution in [2.24, 2.45) is 5.92 Å². The van der Waals surface area contributed by atoms with Gasteiger partial charge in [-0.1, -0.05) is 0 Å². The van der Waals surface area contributed by atoms with Crippen LogP contribution in [0.25, 0.3) is 0 Å². The summed E-state index contributed by atoms with van der Waals surface area (Å²) in [6, 6.07) is 6.10. The third-order valence-corrected chi connectivity index (χ3v) is 4.73. The van der Waals surface area contributed by atoms with E-state index in [9.17, 15) is 4.79 Å². The van der Waals surface area contributed by atoms with Crippen LogP contribution in [-0.2, 0) is 0 Å². The molecule has 3 aliphatic rings. The van der Waals surface area contributed by atoms with Crippen LogP contribution in [0.1, 0.15) is 23.2 Å². The standard InChI is InChI=1S/C16H20N2O3/c19-16(18-6-4-13-12(10-18)3-5-17-13)11-1-2-14-15(9-11)21-8-7-20-14/h1-2,9,12-13,17H,3-8,10H2. The van der Waals surface area contributed by atoms with Gasteiger partial charge in [0.05, 0.1) is 0 Å². The molecule has 1 aromatic rings. The van der Waals surface area contributed by atoms with E-state index in [1.807, 2.05) is 23.1 Å². The Morgan fingerprint density at radius 1 is 1.19 bits per heavy atom. The molecule has 0 aromatic heterocycles. The van der Waals surface area contributed by atoms with Crippen molar-refractivity contribution in [3.63, 3.8) is 0 Å². The molecule has 0 spiro atoms. The molecule has 0 radical (unpaired) electrons. The van der Waals surface area contributed by atoms with Gasteiger partial charge in [-0.2, -0.15) is 0 Å². The largest absolute Gasteiger partial charge is 0.486 e. The summed E-state index contributed by atoms with van der Waals surface area (Å²) in [7, 11) is 0. The van der Waals surface area contributed by atoms with E-state index in [2.05, 4.69) is 5.32 Å². The Hall–Kier alpha value is -1.75. The molecule has 112 valence electrons. The average molecular weight is 288 g/mol. The van der Waals surface area contributed by atoms with Gasteiger partial charge in [0.1, 0.15) is 13.2 Å². The zero-order valence-electron chi connectivity index (χ0n) is 12.0. The molecule has 4 rings (SSSR count). The van der Waals surface area contributed by atoms with Crippen LogP contribution in [0.3, 0.4) is 0 Å². The second-order valence-corrected chi connectivity index (χ2v) is 6.01. The highest BCUT2D eigenvalue weighted by molar-refractivity contribution is 5.95. The maximum atomic E-state index is 12.7. The lowest BCUT2D eigenvalue weighted by Gasteiger charge is -2.35. The molecule has 3 aliphatic heterocycles. The fraction of sp³-hybridized carbons (Fsp3) is 0.562. The molecule has 21 heavy (non-hydrogen) atoms. The molecule has 0 saturated carbocycles. The average Bonchev–Trinajstić information content (AvgIpc) is 3.01. The number of carbonyl (C=O) groups is 1. The lowest BCUT2D eigenvalue weighted by atomic mass is 9.93. The van der Waals surface area contributed by atoms with E-state index >= 15 is 0 Å².